The molecule has 10 heteroatoms. The van der Waals surface area contributed by atoms with E-state index in [1.165, 1.54) is 53.1 Å². The van der Waals surface area contributed by atoms with E-state index in [9.17, 15) is 27.1 Å². The highest BCUT2D eigenvalue weighted by molar-refractivity contribution is 7.91. The fraction of sp³-hybridized carbons (Fsp3) is 0.276. The molecule has 204 valence electrons. The minimum Gasteiger partial charge on any atom is -0.492 e. The Bertz CT molecular complexity index is 1670. The lowest BCUT2D eigenvalue weighted by Crippen LogP contribution is -2.34. The molecular weight excluding hydrogens is 524 g/mol. The number of halogens is 2. The lowest BCUT2D eigenvalue weighted by atomic mass is 10.0. The molecule has 2 heterocycles. The molecule has 0 unspecified atom stereocenters. The van der Waals surface area contributed by atoms with Crippen molar-refractivity contribution >= 4 is 9.84 Å². The highest BCUT2D eigenvalue weighted by Gasteiger charge is 2.32. The summed E-state index contributed by atoms with van der Waals surface area (Å²) in [6, 6.07) is 13.6. The van der Waals surface area contributed by atoms with Crippen LogP contribution in [0.15, 0.2) is 75.2 Å². The van der Waals surface area contributed by atoms with E-state index >= 15 is 0 Å². The van der Waals surface area contributed by atoms with Gasteiger partial charge in [0.1, 0.15) is 11.6 Å². The number of aromatic nitrogens is 3. The van der Waals surface area contributed by atoms with E-state index < -0.39 is 44.0 Å². The number of benzene rings is 2. The van der Waals surface area contributed by atoms with Gasteiger partial charge in [0, 0.05) is 23.2 Å². The van der Waals surface area contributed by atoms with Gasteiger partial charge in [-0.25, -0.2) is 17.8 Å². The van der Waals surface area contributed by atoms with E-state index in [0.717, 1.165) is 6.42 Å². The van der Waals surface area contributed by atoms with Crippen molar-refractivity contribution in [1.82, 2.24) is 14.5 Å². The summed E-state index contributed by atoms with van der Waals surface area (Å²) in [5.41, 5.74) is 0.897. The monoisotopic (exact) mass is 553 g/mol. The molecular formula is C29H29F2N3O4S. The van der Waals surface area contributed by atoms with Crippen LogP contribution in [0.25, 0.3) is 11.1 Å². The summed E-state index contributed by atoms with van der Waals surface area (Å²) in [6.07, 6.45) is 1.98. The van der Waals surface area contributed by atoms with Gasteiger partial charge in [-0.05, 0) is 55.7 Å². The fourth-order valence-electron chi connectivity index (χ4n) is 4.67. The summed E-state index contributed by atoms with van der Waals surface area (Å²) in [5, 5.41) is 10.7. The topological polar surface area (TPSA) is 102 Å². The van der Waals surface area contributed by atoms with E-state index in [-0.39, 0.29) is 22.7 Å². The molecule has 0 spiro atoms. The largest absolute Gasteiger partial charge is 0.492 e. The molecule has 39 heavy (non-hydrogen) atoms. The fourth-order valence-corrected chi connectivity index (χ4v) is 6.02. The minimum absolute atomic E-state index is 0.183. The van der Waals surface area contributed by atoms with Crippen LogP contribution in [0.2, 0.25) is 0 Å². The van der Waals surface area contributed by atoms with Crippen molar-refractivity contribution in [2.75, 3.05) is 0 Å². The van der Waals surface area contributed by atoms with Crippen LogP contribution >= 0.6 is 0 Å². The summed E-state index contributed by atoms with van der Waals surface area (Å²) < 4.78 is 56.8. The summed E-state index contributed by atoms with van der Waals surface area (Å²) in [6.45, 7) is 5.34. The van der Waals surface area contributed by atoms with Gasteiger partial charge in [-0.1, -0.05) is 50.6 Å². The van der Waals surface area contributed by atoms with E-state index in [0.29, 0.717) is 29.7 Å². The Labute approximate surface area is 225 Å². The molecule has 0 saturated heterocycles. The number of rotatable bonds is 9. The number of pyridine rings is 1. The Balaban J connectivity index is 1.87. The first-order chi connectivity index (χ1) is 18.6. The zero-order chi connectivity index (χ0) is 28.3. The SMILES string of the molecule is CCCCc1nc(O)c(S(=O)(=O)c2ccc(-c3ccc(F)nc3C)cc2)c(=O)n1[C@@H](CC)c1ccccc1F. The van der Waals surface area contributed by atoms with Crippen LogP contribution in [0.1, 0.15) is 56.2 Å². The van der Waals surface area contributed by atoms with Crippen LogP contribution in [0.5, 0.6) is 5.88 Å². The first-order valence-electron chi connectivity index (χ1n) is 12.7. The molecule has 2 aromatic heterocycles. The molecule has 0 aliphatic rings. The summed E-state index contributed by atoms with van der Waals surface area (Å²) >= 11 is 0. The number of unbranched alkanes of at least 4 members (excludes halogenated alkanes) is 1. The van der Waals surface area contributed by atoms with Gasteiger partial charge in [0.25, 0.3) is 5.56 Å². The number of nitrogens with zero attached hydrogens (tertiary/aromatic N) is 3. The van der Waals surface area contributed by atoms with Gasteiger partial charge in [-0.2, -0.15) is 9.37 Å². The number of hydrogen-bond acceptors (Lipinski definition) is 6. The van der Waals surface area contributed by atoms with Gasteiger partial charge in [0.05, 0.1) is 10.9 Å². The molecule has 0 aliphatic carbocycles. The second-order valence-electron chi connectivity index (χ2n) is 9.20. The van der Waals surface area contributed by atoms with Gasteiger partial charge in [0.15, 0.2) is 4.90 Å². The summed E-state index contributed by atoms with van der Waals surface area (Å²) in [4.78, 5) is 20.7. The van der Waals surface area contributed by atoms with Crippen molar-refractivity contribution in [2.24, 2.45) is 0 Å². The van der Waals surface area contributed by atoms with Gasteiger partial charge < -0.3 is 5.11 Å². The standard InChI is InChI=1S/C29H29F2N3O4S/c1-4-6-11-26-33-28(35)27(29(36)34(26)24(5-2)22-9-7-8-10-23(22)30)39(37,38)20-14-12-19(13-15-20)21-16-17-25(31)32-18(21)3/h7-10,12-17,24,35H,4-6,11H2,1-3H3/t24-/m0/s1. The zero-order valence-corrected chi connectivity index (χ0v) is 22.7. The number of aryl methyl sites for hydroxylation is 2. The Morgan fingerprint density at radius 2 is 1.67 bits per heavy atom. The smallest absolute Gasteiger partial charge is 0.277 e. The summed E-state index contributed by atoms with van der Waals surface area (Å²) in [5.74, 6) is -1.87. The highest BCUT2D eigenvalue weighted by Crippen LogP contribution is 2.31. The molecule has 0 amide bonds. The maximum atomic E-state index is 14.8. The molecule has 4 rings (SSSR count). The highest BCUT2D eigenvalue weighted by atomic mass is 32.2. The van der Waals surface area contributed by atoms with Gasteiger partial charge in [-0.15, -0.1) is 0 Å². The van der Waals surface area contributed by atoms with Crippen LogP contribution in [0.3, 0.4) is 0 Å². The molecule has 4 aromatic rings. The molecule has 0 aliphatic heterocycles. The zero-order valence-electron chi connectivity index (χ0n) is 21.9. The number of aromatic hydroxyl groups is 1. The van der Waals surface area contributed by atoms with Crippen molar-refractivity contribution in [1.29, 1.82) is 0 Å². The predicted molar refractivity (Wildman–Crippen MR) is 143 cm³/mol. The molecule has 1 atom stereocenters. The van der Waals surface area contributed by atoms with E-state index in [1.807, 2.05) is 6.92 Å². The van der Waals surface area contributed by atoms with Crippen LogP contribution < -0.4 is 5.56 Å². The number of sulfone groups is 1. The van der Waals surface area contributed by atoms with Gasteiger partial charge >= 0.3 is 0 Å². The summed E-state index contributed by atoms with van der Waals surface area (Å²) in [7, 11) is -4.53. The lowest BCUT2D eigenvalue weighted by Gasteiger charge is -2.23. The number of hydrogen-bond donors (Lipinski definition) is 1. The Morgan fingerprint density at radius 3 is 2.28 bits per heavy atom. The van der Waals surface area contributed by atoms with Crippen LogP contribution in [-0.4, -0.2) is 28.1 Å². The first-order valence-corrected chi connectivity index (χ1v) is 14.2. The van der Waals surface area contributed by atoms with Crippen molar-refractivity contribution in [3.8, 4) is 17.0 Å². The van der Waals surface area contributed by atoms with Crippen LogP contribution in [-0.2, 0) is 16.3 Å². The molecule has 0 radical (unpaired) electrons. The second kappa shape index (κ2) is 11.4. The molecule has 0 bridgehead atoms. The third kappa shape index (κ3) is 5.47. The Kier molecular flexibility index (Phi) is 8.25. The van der Waals surface area contributed by atoms with Crippen molar-refractivity contribution < 1.29 is 22.3 Å². The molecule has 0 fully saturated rings. The Hall–Kier alpha value is -3.92. The maximum absolute atomic E-state index is 14.8. The average Bonchev–Trinajstić information content (AvgIpc) is 2.90. The quantitative estimate of drug-likeness (QED) is 0.264. The van der Waals surface area contributed by atoms with E-state index in [4.69, 9.17) is 0 Å². The van der Waals surface area contributed by atoms with Crippen LogP contribution in [0, 0.1) is 18.7 Å². The minimum atomic E-state index is -4.53. The predicted octanol–water partition coefficient (Wildman–Crippen LogP) is 5.77. The molecule has 0 saturated carbocycles. The second-order valence-corrected chi connectivity index (χ2v) is 11.1. The van der Waals surface area contributed by atoms with Crippen LogP contribution in [0.4, 0.5) is 8.78 Å². The van der Waals surface area contributed by atoms with Crippen molar-refractivity contribution in [2.45, 2.75) is 62.3 Å². The van der Waals surface area contributed by atoms with E-state index in [1.54, 1.807) is 26.0 Å². The van der Waals surface area contributed by atoms with Crippen molar-refractivity contribution in [3.05, 3.63) is 99.9 Å². The average molecular weight is 554 g/mol. The third-order valence-corrected chi connectivity index (χ3v) is 8.43. The van der Waals surface area contributed by atoms with Crippen molar-refractivity contribution in [3.63, 3.8) is 0 Å². The Morgan fingerprint density at radius 1 is 0.974 bits per heavy atom. The normalized spacial score (nSPS) is 12.4. The first kappa shape index (κ1) is 28.1. The third-order valence-electron chi connectivity index (χ3n) is 6.64. The molecule has 2 aromatic carbocycles. The maximum Gasteiger partial charge on any atom is 0.277 e. The van der Waals surface area contributed by atoms with Gasteiger partial charge in [-0.3, -0.25) is 9.36 Å². The molecule has 1 N–H and O–H groups in total. The van der Waals surface area contributed by atoms with Gasteiger partial charge in [0.2, 0.25) is 21.7 Å². The van der Waals surface area contributed by atoms with E-state index in [2.05, 4.69) is 9.97 Å². The lowest BCUT2D eigenvalue weighted by molar-refractivity contribution is 0.403. The molecule has 7 nitrogen and oxygen atoms in total.